The van der Waals surface area contributed by atoms with Gasteiger partial charge in [-0.15, -0.1) is 0 Å². The van der Waals surface area contributed by atoms with Gasteiger partial charge in [0.05, 0.1) is 0 Å². The van der Waals surface area contributed by atoms with Gasteiger partial charge < -0.3 is 5.32 Å². The van der Waals surface area contributed by atoms with Gasteiger partial charge in [-0.1, -0.05) is 12.1 Å². The fourth-order valence-electron chi connectivity index (χ4n) is 3.16. The van der Waals surface area contributed by atoms with E-state index >= 15 is 0 Å². The van der Waals surface area contributed by atoms with Gasteiger partial charge in [0.25, 0.3) is 0 Å². The molecule has 0 spiro atoms. The van der Waals surface area contributed by atoms with Gasteiger partial charge in [-0.3, -0.25) is 4.90 Å². The third-order valence-corrected chi connectivity index (χ3v) is 4.32. The van der Waals surface area contributed by atoms with Crippen LogP contribution >= 0.6 is 0 Å². The first-order chi connectivity index (χ1) is 8.24. The van der Waals surface area contributed by atoms with Gasteiger partial charge in [0.2, 0.25) is 0 Å². The van der Waals surface area contributed by atoms with E-state index in [0.717, 1.165) is 24.9 Å². The molecule has 0 radical (unpaired) electrons. The highest BCUT2D eigenvalue weighted by atomic mass is 19.1. The van der Waals surface area contributed by atoms with E-state index < -0.39 is 0 Å². The van der Waals surface area contributed by atoms with E-state index in [1.54, 1.807) is 12.1 Å². The van der Waals surface area contributed by atoms with E-state index in [-0.39, 0.29) is 5.82 Å². The summed E-state index contributed by atoms with van der Waals surface area (Å²) in [4.78, 5) is 2.53. The van der Waals surface area contributed by atoms with E-state index in [0.29, 0.717) is 6.04 Å². The lowest BCUT2D eigenvalue weighted by Gasteiger charge is -2.25. The second kappa shape index (κ2) is 4.39. The van der Waals surface area contributed by atoms with Crippen molar-refractivity contribution in [1.29, 1.82) is 0 Å². The Hall–Kier alpha value is -0.930. The Morgan fingerprint density at radius 1 is 1.18 bits per heavy atom. The summed E-state index contributed by atoms with van der Waals surface area (Å²) in [7, 11) is 0. The minimum Gasteiger partial charge on any atom is -0.316 e. The maximum Gasteiger partial charge on any atom is 0.123 e. The molecule has 2 heterocycles. The molecule has 1 aromatic carbocycles. The first-order valence-corrected chi connectivity index (χ1v) is 6.44. The summed E-state index contributed by atoms with van der Waals surface area (Å²) in [5, 5.41) is 3.45. The highest BCUT2D eigenvalue weighted by Gasteiger charge is 2.37. The molecule has 92 valence electrons. The zero-order chi connectivity index (χ0) is 11.8. The van der Waals surface area contributed by atoms with Gasteiger partial charge in [0.15, 0.2) is 0 Å². The molecule has 2 fully saturated rings. The van der Waals surface area contributed by atoms with E-state index in [1.807, 2.05) is 12.1 Å². The monoisotopic (exact) mass is 234 g/mol. The van der Waals surface area contributed by atoms with Gasteiger partial charge >= 0.3 is 0 Å². The Kier molecular flexibility index (Phi) is 2.89. The van der Waals surface area contributed by atoms with Gasteiger partial charge in [0, 0.05) is 19.1 Å². The maximum absolute atomic E-state index is 12.9. The number of hydrogen-bond acceptors (Lipinski definition) is 2. The third kappa shape index (κ3) is 2.09. The fourth-order valence-corrected chi connectivity index (χ4v) is 3.16. The Morgan fingerprint density at radius 2 is 1.76 bits per heavy atom. The quantitative estimate of drug-likeness (QED) is 0.842. The van der Waals surface area contributed by atoms with Crippen LogP contribution in [0.4, 0.5) is 4.39 Å². The number of hydrogen-bond donors (Lipinski definition) is 1. The number of benzene rings is 1. The summed E-state index contributed by atoms with van der Waals surface area (Å²) < 4.78 is 12.9. The van der Waals surface area contributed by atoms with E-state index in [2.05, 4.69) is 17.1 Å². The second-order valence-electron chi connectivity index (χ2n) is 5.36. The summed E-state index contributed by atoms with van der Waals surface area (Å²) in [6, 6.07) is 7.34. The van der Waals surface area contributed by atoms with Crippen molar-refractivity contribution < 1.29 is 4.39 Å². The minimum absolute atomic E-state index is 0.150. The molecule has 0 bridgehead atoms. The summed E-state index contributed by atoms with van der Waals surface area (Å²) in [6.07, 6.45) is 0. The highest BCUT2D eigenvalue weighted by Crippen LogP contribution is 2.32. The van der Waals surface area contributed by atoms with Crippen LogP contribution in [0.1, 0.15) is 18.5 Å². The van der Waals surface area contributed by atoms with Crippen LogP contribution in [0.2, 0.25) is 0 Å². The van der Waals surface area contributed by atoms with Gasteiger partial charge in [-0.05, 0) is 49.5 Å². The third-order valence-electron chi connectivity index (χ3n) is 4.32. The van der Waals surface area contributed by atoms with Crippen molar-refractivity contribution in [1.82, 2.24) is 10.2 Å². The van der Waals surface area contributed by atoms with Crippen LogP contribution in [-0.2, 0) is 0 Å². The molecule has 1 aromatic rings. The second-order valence-corrected chi connectivity index (χ2v) is 5.36. The number of nitrogens with zero attached hydrogens (tertiary/aromatic N) is 1. The molecule has 0 aliphatic carbocycles. The number of rotatable bonds is 2. The largest absolute Gasteiger partial charge is 0.316 e. The van der Waals surface area contributed by atoms with Crippen molar-refractivity contribution in [3.05, 3.63) is 35.6 Å². The zero-order valence-corrected chi connectivity index (χ0v) is 10.2. The Morgan fingerprint density at radius 3 is 2.35 bits per heavy atom. The Bertz CT molecular complexity index is 378. The van der Waals surface area contributed by atoms with Crippen LogP contribution in [0.5, 0.6) is 0 Å². The average molecular weight is 234 g/mol. The van der Waals surface area contributed by atoms with Crippen molar-refractivity contribution in [2.24, 2.45) is 11.8 Å². The average Bonchev–Trinajstić information content (AvgIpc) is 2.89. The smallest absolute Gasteiger partial charge is 0.123 e. The topological polar surface area (TPSA) is 15.3 Å². The molecule has 0 aromatic heterocycles. The zero-order valence-electron chi connectivity index (χ0n) is 10.2. The van der Waals surface area contributed by atoms with Crippen LogP contribution < -0.4 is 5.32 Å². The standard InChI is InChI=1S/C14H19FN2/c1-10(11-2-4-14(15)5-3-11)17-8-12-6-16-7-13(12)9-17/h2-5,10,12-13,16H,6-9H2,1H3/t10?,12-,13+. The molecule has 2 nitrogen and oxygen atoms in total. The minimum atomic E-state index is -0.150. The summed E-state index contributed by atoms with van der Waals surface area (Å²) in [6.45, 7) is 6.91. The molecular weight excluding hydrogens is 215 g/mol. The van der Waals surface area contributed by atoms with Gasteiger partial charge in [-0.25, -0.2) is 4.39 Å². The van der Waals surface area contributed by atoms with Crippen molar-refractivity contribution in [2.45, 2.75) is 13.0 Å². The molecule has 0 amide bonds. The molecule has 1 N–H and O–H groups in total. The first-order valence-electron chi connectivity index (χ1n) is 6.44. The highest BCUT2D eigenvalue weighted by molar-refractivity contribution is 5.20. The summed E-state index contributed by atoms with van der Waals surface area (Å²) in [5.41, 5.74) is 1.22. The molecule has 1 unspecified atom stereocenters. The lowest BCUT2D eigenvalue weighted by molar-refractivity contribution is 0.244. The Balaban J connectivity index is 1.70. The van der Waals surface area contributed by atoms with Crippen molar-refractivity contribution in [2.75, 3.05) is 26.2 Å². The summed E-state index contributed by atoms with van der Waals surface area (Å²) >= 11 is 0. The van der Waals surface area contributed by atoms with Crippen LogP contribution in [0, 0.1) is 17.7 Å². The molecule has 17 heavy (non-hydrogen) atoms. The van der Waals surface area contributed by atoms with Crippen LogP contribution in [0.15, 0.2) is 24.3 Å². The van der Waals surface area contributed by atoms with Crippen LogP contribution in [-0.4, -0.2) is 31.1 Å². The predicted molar refractivity (Wildman–Crippen MR) is 66.2 cm³/mol. The van der Waals surface area contributed by atoms with Crippen molar-refractivity contribution in [3.63, 3.8) is 0 Å². The maximum atomic E-state index is 12.9. The van der Waals surface area contributed by atoms with Crippen molar-refractivity contribution in [3.8, 4) is 0 Å². The lowest BCUT2D eigenvalue weighted by atomic mass is 10.0. The Labute approximate surface area is 102 Å². The normalized spacial score (nSPS) is 30.5. The molecule has 2 saturated heterocycles. The molecule has 3 rings (SSSR count). The van der Waals surface area contributed by atoms with Gasteiger partial charge in [0.1, 0.15) is 5.82 Å². The number of halogens is 1. The first kappa shape index (κ1) is 11.2. The van der Waals surface area contributed by atoms with Crippen LogP contribution in [0.25, 0.3) is 0 Å². The number of nitrogens with one attached hydrogen (secondary N) is 1. The molecule has 3 heteroatoms. The number of likely N-dealkylation sites (tertiary alicyclic amines) is 1. The molecule has 2 aliphatic heterocycles. The SMILES string of the molecule is CC(c1ccc(F)cc1)N1C[C@H]2CNC[C@H]2C1. The molecule has 2 aliphatic rings. The molecular formula is C14H19FN2. The predicted octanol–water partition coefficient (Wildman–Crippen LogP) is 2.04. The molecule has 3 atom stereocenters. The lowest BCUT2D eigenvalue weighted by Crippen LogP contribution is -2.28. The van der Waals surface area contributed by atoms with Crippen LogP contribution in [0.3, 0.4) is 0 Å². The van der Waals surface area contributed by atoms with E-state index in [1.165, 1.54) is 18.7 Å². The van der Waals surface area contributed by atoms with E-state index in [9.17, 15) is 4.39 Å². The van der Waals surface area contributed by atoms with E-state index in [4.69, 9.17) is 0 Å². The summed E-state index contributed by atoms with van der Waals surface area (Å²) in [5.74, 6) is 1.49. The van der Waals surface area contributed by atoms with Gasteiger partial charge in [-0.2, -0.15) is 0 Å². The molecule has 0 saturated carbocycles. The van der Waals surface area contributed by atoms with Crippen molar-refractivity contribution >= 4 is 0 Å². The number of fused-ring (bicyclic) bond motifs is 1. The fraction of sp³-hybridized carbons (Fsp3) is 0.571.